The minimum absolute atomic E-state index is 0.115. The van der Waals surface area contributed by atoms with E-state index in [0.717, 1.165) is 29.6 Å². The SMILES string of the molecule is O=C(CNc1ccccc1Br)Nc1ccc(C(=O)NCC2CCCO2)cc1. The van der Waals surface area contributed by atoms with Crippen LogP contribution in [0.5, 0.6) is 0 Å². The number of hydrogen-bond donors (Lipinski definition) is 3. The van der Waals surface area contributed by atoms with Crippen molar-refractivity contribution in [2.75, 3.05) is 30.3 Å². The van der Waals surface area contributed by atoms with E-state index >= 15 is 0 Å². The Kier molecular flexibility index (Phi) is 6.84. The van der Waals surface area contributed by atoms with E-state index in [9.17, 15) is 9.59 Å². The number of hydrogen-bond acceptors (Lipinski definition) is 4. The molecule has 0 bridgehead atoms. The van der Waals surface area contributed by atoms with Gasteiger partial charge in [0.1, 0.15) is 0 Å². The summed E-state index contributed by atoms with van der Waals surface area (Å²) < 4.78 is 6.39. The summed E-state index contributed by atoms with van der Waals surface area (Å²) >= 11 is 3.43. The molecule has 2 aromatic rings. The van der Waals surface area contributed by atoms with Crippen molar-refractivity contribution in [2.24, 2.45) is 0 Å². The molecule has 2 aromatic carbocycles. The first-order valence-electron chi connectivity index (χ1n) is 8.90. The molecule has 1 saturated heterocycles. The van der Waals surface area contributed by atoms with E-state index in [1.165, 1.54) is 0 Å². The maximum atomic E-state index is 12.2. The fraction of sp³-hybridized carbons (Fsp3) is 0.300. The zero-order chi connectivity index (χ0) is 19.1. The van der Waals surface area contributed by atoms with Gasteiger partial charge in [0.05, 0.1) is 12.6 Å². The molecule has 2 amide bonds. The topological polar surface area (TPSA) is 79.5 Å². The molecular weight excluding hydrogens is 410 g/mol. The molecule has 142 valence electrons. The number of nitrogens with one attached hydrogen (secondary N) is 3. The van der Waals surface area contributed by atoms with Crippen LogP contribution < -0.4 is 16.0 Å². The maximum absolute atomic E-state index is 12.2. The monoisotopic (exact) mass is 431 g/mol. The highest BCUT2D eigenvalue weighted by Gasteiger charge is 2.16. The number of carbonyl (C=O) groups excluding carboxylic acids is 2. The van der Waals surface area contributed by atoms with Gasteiger partial charge in [0.25, 0.3) is 5.91 Å². The van der Waals surface area contributed by atoms with Crippen molar-refractivity contribution in [1.29, 1.82) is 0 Å². The molecule has 1 heterocycles. The fourth-order valence-electron chi connectivity index (χ4n) is 2.80. The molecular formula is C20H22BrN3O3. The van der Waals surface area contributed by atoms with Gasteiger partial charge in [-0.05, 0) is 65.2 Å². The summed E-state index contributed by atoms with van der Waals surface area (Å²) in [4.78, 5) is 24.2. The van der Waals surface area contributed by atoms with E-state index in [4.69, 9.17) is 4.74 Å². The van der Waals surface area contributed by atoms with Crippen LogP contribution in [0.4, 0.5) is 11.4 Å². The van der Waals surface area contributed by atoms with Crippen LogP contribution in [0.25, 0.3) is 0 Å². The third kappa shape index (κ3) is 5.80. The molecule has 0 aliphatic carbocycles. The highest BCUT2D eigenvalue weighted by Crippen LogP contribution is 2.20. The van der Waals surface area contributed by atoms with Crippen LogP contribution in [0.3, 0.4) is 0 Å². The van der Waals surface area contributed by atoms with E-state index in [0.29, 0.717) is 17.8 Å². The molecule has 1 aliphatic rings. The van der Waals surface area contributed by atoms with Crippen LogP contribution >= 0.6 is 15.9 Å². The summed E-state index contributed by atoms with van der Waals surface area (Å²) in [5, 5.41) is 8.76. The van der Waals surface area contributed by atoms with Gasteiger partial charge in [-0.15, -0.1) is 0 Å². The molecule has 1 fully saturated rings. The Labute approximate surface area is 166 Å². The lowest BCUT2D eigenvalue weighted by Gasteiger charge is -2.11. The first-order chi connectivity index (χ1) is 13.1. The van der Waals surface area contributed by atoms with E-state index in [2.05, 4.69) is 31.9 Å². The molecule has 7 heteroatoms. The van der Waals surface area contributed by atoms with Crippen molar-refractivity contribution in [1.82, 2.24) is 5.32 Å². The van der Waals surface area contributed by atoms with Crippen LogP contribution in [-0.4, -0.2) is 37.6 Å². The van der Waals surface area contributed by atoms with E-state index in [-0.39, 0.29) is 24.5 Å². The average molecular weight is 432 g/mol. The molecule has 0 aromatic heterocycles. The number of carbonyl (C=O) groups is 2. The quantitative estimate of drug-likeness (QED) is 0.627. The highest BCUT2D eigenvalue weighted by molar-refractivity contribution is 9.10. The van der Waals surface area contributed by atoms with Crippen LogP contribution in [0, 0.1) is 0 Å². The number of halogens is 1. The summed E-state index contributed by atoms with van der Waals surface area (Å²) in [5.41, 5.74) is 2.05. The lowest BCUT2D eigenvalue weighted by atomic mass is 10.2. The number of benzene rings is 2. The van der Waals surface area contributed by atoms with Crippen LogP contribution in [0.2, 0.25) is 0 Å². The van der Waals surface area contributed by atoms with E-state index in [1.807, 2.05) is 24.3 Å². The van der Waals surface area contributed by atoms with Gasteiger partial charge in [-0.25, -0.2) is 0 Å². The van der Waals surface area contributed by atoms with Gasteiger partial charge in [-0.2, -0.15) is 0 Å². The maximum Gasteiger partial charge on any atom is 0.251 e. The highest BCUT2D eigenvalue weighted by atomic mass is 79.9. The Morgan fingerprint density at radius 3 is 2.59 bits per heavy atom. The Hall–Kier alpha value is -2.38. The van der Waals surface area contributed by atoms with Gasteiger partial charge in [-0.3, -0.25) is 9.59 Å². The lowest BCUT2D eigenvalue weighted by Crippen LogP contribution is -2.31. The van der Waals surface area contributed by atoms with Crippen LogP contribution in [-0.2, 0) is 9.53 Å². The summed E-state index contributed by atoms with van der Waals surface area (Å²) in [7, 11) is 0. The molecule has 0 spiro atoms. The summed E-state index contributed by atoms with van der Waals surface area (Å²) in [6.07, 6.45) is 2.15. The van der Waals surface area contributed by atoms with Gasteiger partial charge in [0, 0.05) is 34.6 Å². The third-order valence-electron chi connectivity index (χ3n) is 4.26. The van der Waals surface area contributed by atoms with Crippen LogP contribution in [0.1, 0.15) is 23.2 Å². The Morgan fingerprint density at radius 1 is 1.11 bits per heavy atom. The third-order valence-corrected chi connectivity index (χ3v) is 4.95. The Morgan fingerprint density at radius 2 is 1.89 bits per heavy atom. The van der Waals surface area contributed by atoms with Crippen molar-refractivity contribution in [3.8, 4) is 0 Å². The Balaban J connectivity index is 1.45. The molecule has 0 saturated carbocycles. The largest absolute Gasteiger partial charge is 0.376 e. The zero-order valence-corrected chi connectivity index (χ0v) is 16.4. The summed E-state index contributed by atoms with van der Waals surface area (Å²) in [6, 6.07) is 14.4. The fourth-order valence-corrected chi connectivity index (χ4v) is 3.23. The molecule has 1 aliphatic heterocycles. The molecule has 1 atom stereocenters. The number of rotatable bonds is 7. The van der Waals surface area contributed by atoms with Gasteiger partial charge < -0.3 is 20.7 Å². The van der Waals surface area contributed by atoms with Crippen molar-refractivity contribution >= 4 is 39.1 Å². The van der Waals surface area contributed by atoms with Crippen molar-refractivity contribution in [3.63, 3.8) is 0 Å². The minimum Gasteiger partial charge on any atom is -0.376 e. The predicted octanol–water partition coefficient (Wildman–Crippen LogP) is 3.41. The molecule has 27 heavy (non-hydrogen) atoms. The number of anilines is 2. The molecule has 6 nitrogen and oxygen atoms in total. The van der Waals surface area contributed by atoms with Crippen molar-refractivity contribution < 1.29 is 14.3 Å². The van der Waals surface area contributed by atoms with Gasteiger partial charge in [0.2, 0.25) is 5.91 Å². The molecule has 3 rings (SSSR count). The predicted molar refractivity (Wildman–Crippen MR) is 109 cm³/mol. The zero-order valence-electron chi connectivity index (χ0n) is 14.8. The normalized spacial score (nSPS) is 16.0. The second kappa shape index (κ2) is 9.53. The summed E-state index contributed by atoms with van der Waals surface area (Å²) in [6.45, 7) is 1.44. The second-order valence-electron chi connectivity index (χ2n) is 6.30. The van der Waals surface area contributed by atoms with Gasteiger partial charge in [-0.1, -0.05) is 12.1 Å². The second-order valence-corrected chi connectivity index (χ2v) is 7.16. The number of amides is 2. The Bertz CT molecular complexity index is 789. The minimum atomic E-state index is -0.165. The summed E-state index contributed by atoms with van der Waals surface area (Å²) in [5.74, 6) is -0.305. The average Bonchev–Trinajstić information content (AvgIpc) is 3.20. The van der Waals surface area contributed by atoms with Crippen molar-refractivity contribution in [3.05, 3.63) is 58.6 Å². The smallest absolute Gasteiger partial charge is 0.251 e. The van der Waals surface area contributed by atoms with Gasteiger partial charge in [0.15, 0.2) is 0 Å². The number of para-hydroxylation sites is 1. The molecule has 1 unspecified atom stereocenters. The van der Waals surface area contributed by atoms with Crippen LogP contribution in [0.15, 0.2) is 53.0 Å². The lowest BCUT2D eigenvalue weighted by molar-refractivity contribution is -0.114. The molecule has 0 radical (unpaired) electrons. The van der Waals surface area contributed by atoms with E-state index < -0.39 is 0 Å². The number of ether oxygens (including phenoxy) is 1. The van der Waals surface area contributed by atoms with E-state index in [1.54, 1.807) is 24.3 Å². The first-order valence-corrected chi connectivity index (χ1v) is 9.69. The van der Waals surface area contributed by atoms with Gasteiger partial charge >= 0.3 is 0 Å². The van der Waals surface area contributed by atoms with Crippen molar-refractivity contribution in [2.45, 2.75) is 18.9 Å². The first kappa shape index (κ1) is 19.4. The molecule has 3 N–H and O–H groups in total. The standard InChI is InChI=1S/C20H22BrN3O3/c21-17-5-1-2-6-18(17)22-13-19(25)24-15-9-7-14(8-10-15)20(26)23-12-16-4-3-11-27-16/h1-2,5-10,16,22H,3-4,11-13H2,(H,23,26)(H,24,25).